The molecule has 2 aromatic heterocycles. The molecule has 0 saturated carbocycles. The van der Waals surface area contributed by atoms with E-state index in [-0.39, 0.29) is 23.3 Å². The summed E-state index contributed by atoms with van der Waals surface area (Å²) in [7, 11) is 0. The van der Waals surface area contributed by atoms with Crippen molar-refractivity contribution in [1.82, 2.24) is 10.2 Å². The minimum absolute atomic E-state index is 0.197. The quantitative estimate of drug-likeness (QED) is 0.241. The van der Waals surface area contributed by atoms with Gasteiger partial charge in [-0.25, -0.2) is 9.18 Å². The number of rotatable bonds is 5. The smallest absolute Gasteiger partial charge is 0.308 e. The molecule has 0 aliphatic carbocycles. The number of hydrogen-bond donors (Lipinski definition) is 4. The molecule has 0 unspecified atom stereocenters. The van der Waals surface area contributed by atoms with Crippen LogP contribution in [0.25, 0.3) is 22.0 Å². The standard InChI is InChI=1S/C25H18FN5O2S/c26-21-19(10-11-20-22(21)30-31-23(20)29-24(32)16-12-13-34-14-16)15-6-8-18(9-7-15)28-25(33)27-17-4-2-1-3-5-17/h1-14H,(H2,27,28,33)(H2,29,30,31,32). The van der Waals surface area contributed by atoms with Gasteiger partial charge >= 0.3 is 6.03 Å². The van der Waals surface area contributed by atoms with Gasteiger partial charge in [-0.2, -0.15) is 16.4 Å². The molecule has 0 aliphatic rings. The number of anilines is 3. The number of fused-ring (bicyclic) bond motifs is 1. The van der Waals surface area contributed by atoms with Crippen molar-refractivity contribution >= 4 is 51.4 Å². The number of benzene rings is 3. The Morgan fingerprint density at radius 2 is 1.59 bits per heavy atom. The Labute approximate surface area is 197 Å². The van der Waals surface area contributed by atoms with Crippen molar-refractivity contribution in [3.05, 3.63) is 94.9 Å². The summed E-state index contributed by atoms with van der Waals surface area (Å²) in [5.41, 5.74) is 2.96. The second-order valence-electron chi connectivity index (χ2n) is 7.41. The van der Waals surface area contributed by atoms with Gasteiger partial charge in [0.2, 0.25) is 0 Å². The molecule has 0 aliphatic heterocycles. The number of aromatic amines is 1. The van der Waals surface area contributed by atoms with E-state index < -0.39 is 5.82 Å². The molecule has 0 spiro atoms. The molecule has 0 bridgehead atoms. The summed E-state index contributed by atoms with van der Waals surface area (Å²) in [5.74, 6) is -0.525. The molecule has 0 atom stereocenters. The first-order chi connectivity index (χ1) is 16.6. The summed E-state index contributed by atoms with van der Waals surface area (Å²) in [4.78, 5) is 24.5. The van der Waals surface area contributed by atoms with Gasteiger partial charge in [-0.15, -0.1) is 0 Å². The van der Waals surface area contributed by atoms with Crippen molar-refractivity contribution in [3.63, 3.8) is 0 Å². The average Bonchev–Trinajstić information content (AvgIpc) is 3.52. The second-order valence-corrected chi connectivity index (χ2v) is 8.19. The van der Waals surface area contributed by atoms with Crippen molar-refractivity contribution in [1.29, 1.82) is 0 Å². The Bertz CT molecular complexity index is 1470. The molecule has 9 heteroatoms. The van der Waals surface area contributed by atoms with E-state index in [0.29, 0.717) is 33.5 Å². The maximum Gasteiger partial charge on any atom is 0.323 e. The third-order valence-corrected chi connectivity index (χ3v) is 5.86. The molecule has 168 valence electrons. The van der Waals surface area contributed by atoms with E-state index in [9.17, 15) is 9.59 Å². The van der Waals surface area contributed by atoms with Crippen LogP contribution in [0.1, 0.15) is 10.4 Å². The predicted molar refractivity (Wildman–Crippen MR) is 133 cm³/mol. The zero-order valence-corrected chi connectivity index (χ0v) is 18.4. The normalized spacial score (nSPS) is 10.7. The summed E-state index contributed by atoms with van der Waals surface area (Å²) < 4.78 is 15.3. The average molecular weight is 472 g/mol. The zero-order chi connectivity index (χ0) is 23.5. The molecular weight excluding hydrogens is 453 g/mol. The Hall–Kier alpha value is -4.50. The van der Waals surface area contributed by atoms with E-state index in [2.05, 4.69) is 26.1 Å². The summed E-state index contributed by atoms with van der Waals surface area (Å²) in [6, 6.07) is 20.6. The van der Waals surface area contributed by atoms with Crippen LogP contribution in [0, 0.1) is 5.82 Å². The van der Waals surface area contributed by atoms with Crippen LogP contribution in [0.4, 0.5) is 26.4 Å². The van der Waals surface area contributed by atoms with Crippen molar-refractivity contribution in [2.45, 2.75) is 0 Å². The largest absolute Gasteiger partial charge is 0.323 e. The van der Waals surface area contributed by atoms with E-state index >= 15 is 4.39 Å². The van der Waals surface area contributed by atoms with E-state index in [4.69, 9.17) is 0 Å². The number of hydrogen-bond acceptors (Lipinski definition) is 4. The Balaban J connectivity index is 1.32. The molecule has 34 heavy (non-hydrogen) atoms. The summed E-state index contributed by atoms with van der Waals surface area (Å²) >= 11 is 1.41. The highest BCUT2D eigenvalue weighted by atomic mass is 32.1. The molecule has 3 amide bonds. The van der Waals surface area contributed by atoms with Gasteiger partial charge in [-0.3, -0.25) is 9.89 Å². The van der Waals surface area contributed by atoms with Crippen LogP contribution >= 0.6 is 11.3 Å². The zero-order valence-electron chi connectivity index (χ0n) is 17.6. The fraction of sp³-hybridized carbons (Fsp3) is 0. The fourth-order valence-corrected chi connectivity index (χ4v) is 4.13. The number of halogens is 1. The third-order valence-electron chi connectivity index (χ3n) is 5.18. The van der Waals surface area contributed by atoms with Gasteiger partial charge in [-0.1, -0.05) is 36.4 Å². The van der Waals surface area contributed by atoms with Crippen LogP contribution in [-0.2, 0) is 0 Å². The lowest BCUT2D eigenvalue weighted by Gasteiger charge is -2.09. The lowest BCUT2D eigenvalue weighted by atomic mass is 10.0. The number of H-pyrrole nitrogens is 1. The fourth-order valence-electron chi connectivity index (χ4n) is 3.49. The van der Waals surface area contributed by atoms with Gasteiger partial charge in [0.25, 0.3) is 5.91 Å². The predicted octanol–water partition coefficient (Wildman–Crippen LogP) is 6.33. The van der Waals surface area contributed by atoms with Gasteiger partial charge in [0.05, 0.1) is 5.56 Å². The molecular formula is C25H18FN5O2S. The van der Waals surface area contributed by atoms with Crippen LogP contribution in [0.3, 0.4) is 0 Å². The third kappa shape index (κ3) is 4.37. The van der Waals surface area contributed by atoms with Crippen LogP contribution in [-0.4, -0.2) is 22.1 Å². The summed E-state index contributed by atoms with van der Waals surface area (Å²) in [6.45, 7) is 0. The lowest BCUT2D eigenvalue weighted by molar-refractivity contribution is 0.102. The van der Waals surface area contributed by atoms with Crippen molar-refractivity contribution in [3.8, 4) is 11.1 Å². The van der Waals surface area contributed by atoms with Crippen LogP contribution < -0.4 is 16.0 Å². The summed E-state index contributed by atoms with van der Waals surface area (Å²) in [6.07, 6.45) is 0. The van der Waals surface area contributed by atoms with Crippen LogP contribution in [0.2, 0.25) is 0 Å². The topological polar surface area (TPSA) is 98.9 Å². The first kappa shape index (κ1) is 21.4. The van der Waals surface area contributed by atoms with Gasteiger partial charge in [0.1, 0.15) is 5.52 Å². The minimum Gasteiger partial charge on any atom is -0.308 e. The molecule has 0 radical (unpaired) electrons. The molecule has 7 nitrogen and oxygen atoms in total. The van der Waals surface area contributed by atoms with E-state index in [1.54, 1.807) is 65.4 Å². The van der Waals surface area contributed by atoms with Crippen LogP contribution in [0.15, 0.2) is 83.6 Å². The Kier molecular flexibility index (Phi) is 5.75. The van der Waals surface area contributed by atoms with Crippen LogP contribution in [0.5, 0.6) is 0 Å². The number of nitrogens with zero attached hydrogens (tertiary/aromatic N) is 1. The second kappa shape index (κ2) is 9.16. The number of amides is 3. The van der Waals surface area contributed by atoms with Crippen molar-refractivity contribution < 1.29 is 14.0 Å². The van der Waals surface area contributed by atoms with E-state index in [1.807, 2.05) is 18.2 Å². The highest BCUT2D eigenvalue weighted by Gasteiger charge is 2.17. The monoisotopic (exact) mass is 471 g/mol. The first-order valence-electron chi connectivity index (χ1n) is 10.3. The SMILES string of the molecule is O=C(Nc1ccccc1)Nc1ccc(-c2ccc3c(NC(=O)c4ccsc4)n[nH]c3c2F)cc1. The van der Waals surface area contributed by atoms with Crippen molar-refractivity contribution in [2.75, 3.05) is 16.0 Å². The number of urea groups is 1. The lowest BCUT2D eigenvalue weighted by Crippen LogP contribution is -2.19. The minimum atomic E-state index is -0.483. The molecule has 5 aromatic rings. The van der Waals surface area contributed by atoms with E-state index in [1.165, 1.54) is 11.3 Å². The first-order valence-corrected chi connectivity index (χ1v) is 11.3. The number of nitrogens with one attached hydrogen (secondary N) is 4. The van der Waals surface area contributed by atoms with Gasteiger partial charge in [0.15, 0.2) is 11.6 Å². The van der Waals surface area contributed by atoms with E-state index in [0.717, 1.165) is 0 Å². The molecule has 0 saturated heterocycles. The van der Waals surface area contributed by atoms with Gasteiger partial charge in [0, 0.05) is 27.7 Å². The number of aromatic nitrogens is 2. The van der Waals surface area contributed by atoms with Crippen molar-refractivity contribution in [2.24, 2.45) is 0 Å². The van der Waals surface area contributed by atoms with Gasteiger partial charge in [-0.05, 0) is 47.3 Å². The van der Waals surface area contributed by atoms with Gasteiger partial charge < -0.3 is 16.0 Å². The molecule has 5 rings (SSSR count). The Morgan fingerprint density at radius 1 is 0.853 bits per heavy atom. The maximum atomic E-state index is 15.3. The molecule has 0 fully saturated rings. The maximum absolute atomic E-state index is 15.3. The molecule has 4 N–H and O–H groups in total. The molecule has 3 aromatic carbocycles. The highest BCUT2D eigenvalue weighted by Crippen LogP contribution is 2.31. The summed E-state index contributed by atoms with van der Waals surface area (Å²) in [5, 5.41) is 19.0. The number of carbonyl (C=O) groups is 2. The number of para-hydroxylation sites is 1. The Morgan fingerprint density at radius 3 is 2.29 bits per heavy atom. The number of thiophene rings is 1. The highest BCUT2D eigenvalue weighted by molar-refractivity contribution is 7.08. The number of carbonyl (C=O) groups excluding carboxylic acids is 2. The molecule has 2 heterocycles.